The first-order valence-corrected chi connectivity index (χ1v) is 11.2. The van der Waals surface area contributed by atoms with E-state index in [9.17, 15) is 9.59 Å². The Labute approximate surface area is 178 Å². The van der Waals surface area contributed by atoms with E-state index in [2.05, 4.69) is 20.5 Å². The van der Waals surface area contributed by atoms with Gasteiger partial charge in [0.1, 0.15) is 17.2 Å². The minimum Gasteiger partial charge on any atom is -0.354 e. The molecule has 8 nitrogen and oxygen atoms in total. The molecule has 4 aromatic rings. The predicted octanol–water partition coefficient (Wildman–Crippen LogP) is 2.82. The fourth-order valence-electron chi connectivity index (χ4n) is 3.08. The highest BCUT2D eigenvalue weighted by Crippen LogP contribution is 2.33. The Hall–Kier alpha value is -2.63. The number of rotatable bonds is 7. The maximum Gasteiger partial charge on any atom is 0.263 e. The molecule has 150 valence electrons. The van der Waals surface area contributed by atoms with Gasteiger partial charge >= 0.3 is 0 Å². The number of amides is 1. The molecule has 0 unspecified atom stereocenters. The number of carbonyl (C=O) groups excluding carboxylic acids is 1. The SMILES string of the molecule is CCn1c(CCNC(=O)Cn2cnc3scc(-c4cccs4)c3c2=O)n[nH]c1=S. The third kappa shape index (κ3) is 3.93. The number of H-pyrrole nitrogens is 1. The van der Waals surface area contributed by atoms with Crippen molar-refractivity contribution < 1.29 is 4.79 Å². The maximum absolute atomic E-state index is 12.9. The number of hydrogen-bond acceptors (Lipinski definition) is 7. The molecule has 0 spiro atoms. The molecule has 4 heterocycles. The second-order valence-corrected chi connectivity index (χ2v) is 8.47. The van der Waals surface area contributed by atoms with Crippen molar-refractivity contribution in [3.05, 3.63) is 50.2 Å². The predicted molar refractivity (Wildman–Crippen MR) is 117 cm³/mol. The molecule has 0 radical (unpaired) electrons. The molecule has 0 aliphatic carbocycles. The molecular weight excluding hydrogens is 428 g/mol. The molecule has 0 bridgehead atoms. The average molecular weight is 447 g/mol. The summed E-state index contributed by atoms with van der Waals surface area (Å²) in [5.41, 5.74) is 0.663. The minimum atomic E-state index is -0.252. The van der Waals surface area contributed by atoms with Crippen molar-refractivity contribution in [1.29, 1.82) is 0 Å². The number of aromatic amines is 1. The lowest BCUT2D eigenvalue weighted by Gasteiger charge is -2.08. The average Bonchev–Trinajstić information content (AvgIpc) is 3.44. The van der Waals surface area contributed by atoms with E-state index in [4.69, 9.17) is 12.2 Å². The van der Waals surface area contributed by atoms with Gasteiger partial charge in [0.25, 0.3) is 5.56 Å². The Morgan fingerprint density at radius 2 is 2.24 bits per heavy atom. The third-order valence-corrected chi connectivity index (χ3v) is 6.59. The van der Waals surface area contributed by atoms with E-state index in [1.54, 1.807) is 11.3 Å². The zero-order valence-electron chi connectivity index (χ0n) is 15.5. The Bertz CT molecular complexity index is 1260. The zero-order valence-corrected chi connectivity index (χ0v) is 18.0. The van der Waals surface area contributed by atoms with Gasteiger partial charge in [-0.1, -0.05) is 6.07 Å². The van der Waals surface area contributed by atoms with Gasteiger partial charge in [-0.3, -0.25) is 19.3 Å². The van der Waals surface area contributed by atoms with Crippen LogP contribution in [0.5, 0.6) is 0 Å². The second kappa shape index (κ2) is 8.39. The normalized spacial score (nSPS) is 11.2. The van der Waals surface area contributed by atoms with Gasteiger partial charge in [0.05, 0.1) is 11.7 Å². The summed E-state index contributed by atoms with van der Waals surface area (Å²) in [5.74, 6) is 0.537. The van der Waals surface area contributed by atoms with Crippen molar-refractivity contribution in [2.24, 2.45) is 0 Å². The molecule has 29 heavy (non-hydrogen) atoms. The van der Waals surface area contributed by atoms with E-state index in [0.29, 0.717) is 34.5 Å². The quantitative estimate of drug-likeness (QED) is 0.426. The van der Waals surface area contributed by atoms with Gasteiger partial charge in [-0.25, -0.2) is 4.98 Å². The monoisotopic (exact) mass is 446 g/mol. The molecule has 0 fully saturated rings. The number of hydrogen-bond donors (Lipinski definition) is 2. The lowest BCUT2D eigenvalue weighted by atomic mass is 10.2. The van der Waals surface area contributed by atoms with Crippen molar-refractivity contribution >= 4 is 51.0 Å². The summed E-state index contributed by atoms with van der Waals surface area (Å²) >= 11 is 8.16. The molecule has 0 atom stereocenters. The smallest absolute Gasteiger partial charge is 0.263 e. The van der Waals surface area contributed by atoms with E-state index in [1.165, 1.54) is 22.2 Å². The van der Waals surface area contributed by atoms with Crippen LogP contribution < -0.4 is 10.9 Å². The van der Waals surface area contributed by atoms with E-state index in [-0.39, 0.29) is 18.0 Å². The van der Waals surface area contributed by atoms with Gasteiger partial charge in [0.15, 0.2) is 4.77 Å². The van der Waals surface area contributed by atoms with Gasteiger partial charge in [-0.15, -0.1) is 22.7 Å². The summed E-state index contributed by atoms with van der Waals surface area (Å²) < 4.78 is 3.80. The van der Waals surface area contributed by atoms with Crippen LogP contribution in [0.25, 0.3) is 20.7 Å². The van der Waals surface area contributed by atoms with Crippen LogP contribution in [0.1, 0.15) is 12.7 Å². The van der Waals surface area contributed by atoms with Crippen molar-refractivity contribution in [3.63, 3.8) is 0 Å². The van der Waals surface area contributed by atoms with Gasteiger partial charge in [-0.2, -0.15) is 5.10 Å². The number of nitrogens with one attached hydrogen (secondary N) is 2. The number of thiophene rings is 2. The lowest BCUT2D eigenvalue weighted by Crippen LogP contribution is -2.33. The fraction of sp³-hybridized carbons (Fsp3) is 0.278. The van der Waals surface area contributed by atoms with Crippen LogP contribution in [0.2, 0.25) is 0 Å². The lowest BCUT2D eigenvalue weighted by molar-refractivity contribution is -0.121. The van der Waals surface area contributed by atoms with Crippen molar-refractivity contribution in [2.75, 3.05) is 6.54 Å². The standard InChI is InChI=1S/C18H18N6O2S3/c1-2-24-13(21-22-18(24)27)5-6-19-14(25)8-23-10-20-16-15(17(23)26)11(9-29-16)12-4-3-7-28-12/h3-4,7,9-10H,2,5-6,8H2,1H3,(H,19,25)(H,22,27). The summed E-state index contributed by atoms with van der Waals surface area (Å²) in [5, 5.41) is 14.2. The maximum atomic E-state index is 12.9. The molecular formula is C18H18N6O2S3. The minimum absolute atomic E-state index is 0.0812. The largest absolute Gasteiger partial charge is 0.354 e. The first-order valence-electron chi connectivity index (χ1n) is 8.99. The summed E-state index contributed by atoms with van der Waals surface area (Å²) in [6, 6.07) is 3.92. The van der Waals surface area contributed by atoms with Gasteiger partial charge in [0.2, 0.25) is 5.91 Å². The molecule has 11 heteroatoms. The number of fused-ring (bicyclic) bond motifs is 1. The zero-order chi connectivity index (χ0) is 20.4. The molecule has 0 aromatic carbocycles. The third-order valence-electron chi connectivity index (χ3n) is 4.49. The molecule has 0 aliphatic heterocycles. The van der Waals surface area contributed by atoms with Crippen LogP contribution in [0.3, 0.4) is 0 Å². The Morgan fingerprint density at radius 1 is 1.38 bits per heavy atom. The van der Waals surface area contributed by atoms with Crippen LogP contribution in [-0.4, -0.2) is 36.8 Å². The van der Waals surface area contributed by atoms with Crippen LogP contribution in [0.4, 0.5) is 0 Å². The van der Waals surface area contributed by atoms with Crippen molar-refractivity contribution in [3.8, 4) is 10.4 Å². The van der Waals surface area contributed by atoms with Crippen molar-refractivity contribution in [1.82, 2.24) is 29.6 Å². The highest BCUT2D eigenvalue weighted by atomic mass is 32.1. The molecule has 0 saturated heterocycles. The summed E-state index contributed by atoms with van der Waals surface area (Å²) in [6.07, 6.45) is 1.98. The molecule has 2 N–H and O–H groups in total. The first kappa shape index (κ1) is 19.7. The van der Waals surface area contributed by atoms with Gasteiger partial charge in [0, 0.05) is 35.3 Å². The fourth-order valence-corrected chi connectivity index (χ4v) is 5.09. The molecule has 0 aliphatic rings. The van der Waals surface area contributed by atoms with E-state index in [1.807, 2.05) is 34.4 Å². The molecule has 1 amide bonds. The Kier molecular flexibility index (Phi) is 5.69. The van der Waals surface area contributed by atoms with E-state index < -0.39 is 0 Å². The Morgan fingerprint density at radius 3 is 3.00 bits per heavy atom. The van der Waals surface area contributed by atoms with Crippen molar-refractivity contribution in [2.45, 2.75) is 26.4 Å². The highest BCUT2D eigenvalue weighted by Gasteiger charge is 2.15. The molecule has 4 aromatic heterocycles. The van der Waals surface area contributed by atoms with Crippen LogP contribution in [0.15, 0.2) is 34.0 Å². The molecule has 4 rings (SSSR count). The van der Waals surface area contributed by atoms with Gasteiger partial charge < -0.3 is 9.88 Å². The van der Waals surface area contributed by atoms with E-state index >= 15 is 0 Å². The summed E-state index contributed by atoms with van der Waals surface area (Å²) in [7, 11) is 0. The summed E-state index contributed by atoms with van der Waals surface area (Å²) in [4.78, 5) is 31.4. The second-order valence-electron chi connectivity index (χ2n) is 6.27. The summed E-state index contributed by atoms with van der Waals surface area (Å²) in [6.45, 7) is 3.02. The van der Waals surface area contributed by atoms with Crippen LogP contribution >= 0.6 is 34.9 Å². The first-order chi connectivity index (χ1) is 14.1. The van der Waals surface area contributed by atoms with Gasteiger partial charge in [-0.05, 0) is 30.6 Å². The highest BCUT2D eigenvalue weighted by molar-refractivity contribution is 7.71. The number of carbonyl (C=O) groups is 1. The van der Waals surface area contributed by atoms with E-state index in [0.717, 1.165) is 16.3 Å². The topological polar surface area (TPSA) is 97.6 Å². The van der Waals surface area contributed by atoms with Crippen LogP contribution in [-0.2, 0) is 24.3 Å². The molecule has 0 saturated carbocycles. The van der Waals surface area contributed by atoms with Crippen LogP contribution in [0, 0.1) is 4.77 Å². The number of nitrogens with zero attached hydrogens (tertiary/aromatic N) is 4. The Balaban J connectivity index is 1.47. The number of aromatic nitrogens is 5.